The third-order valence-corrected chi connectivity index (χ3v) is 4.92. The molecule has 0 aliphatic heterocycles. The number of carbonyl (C=O) groups is 1. The van der Waals surface area contributed by atoms with E-state index in [0.29, 0.717) is 6.42 Å². The fraction of sp³-hybridized carbons (Fsp3) is 0.133. The maximum Gasteiger partial charge on any atom is 0.303 e. The average molecular weight is 316 g/mol. The fourth-order valence-corrected chi connectivity index (χ4v) is 3.80. The smallest absolute Gasteiger partial charge is 0.303 e. The van der Waals surface area contributed by atoms with Gasteiger partial charge in [-0.05, 0) is 30.0 Å². The van der Waals surface area contributed by atoms with Gasteiger partial charge < -0.3 is 5.11 Å². The van der Waals surface area contributed by atoms with Crippen LogP contribution in [0.5, 0.6) is 0 Å². The van der Waals surface area contributed by atoms with Crippen LogP contribution in [-0.2, 0) is 11.2 Å². The Kier molecular flexibility index (Phi) is 4.08. The van der Waals surface area contributed by atoms with E-state index in [9.17, 15) is 4.79 Å². The van der Waals surface area contributed by atoms with Crippen LogP contribution in [0.4, 0.5) is 0 Å². The number of carboxylic acids is 1. The Morgan fingerprint density at radius 3 is 2.81 bits per heavy atom. The van der Waals surface area contributed by atoms with Crippen LogP contribution in [-0.4, -0.2) is 21.0 Å². The summed E-state index contributed by atoms with van der Waals surface area (Å²) in [7, 11) is 0. The van der Waals surface area contributed by atoms with Crippen LogP contribution in [0.15, 0.2) is 41.9 Å². The lowest BCUT2D eigenvalue weighted by Gasteiger charge is -1.97. The molecule has 0 atom stereocenters. The zero-order valence-corrected chi connectivity index (χ0v) is 12.7. The van der Waals surface area contributed by atoms with Crippen LogP contribution in [0.25, 0.3) is 21.3 Å². The number of aliphatic carboxylic acids is 1. The van der Waals surface area contributed by atoms with Gasteiger partial charge in [0.1, 0.15) is 5.01 Å². The van der Waals surface area contributed by atoms with E-state index in [-0.39, 0.29) is 6.42 Å². The van der Waals surface area contributed by atoms with Crippen LogP contribution >= 0.6 is 22.7 Å². The normalized spacial score (nSPS) is 10.7. The zero-order valence-electron chi connectivity index (χ0n) is 11.0. The van der Waals surface area contributed by atoms with Gasteiger partial charge in [-0.2, -0.15) is 0 Å². The summed E-state index contributed by atoms with van der Waals surface area (Å²) in [4.78, 5) is 21.9. The number of rotatable bonds is 5. The van der Waals surface area contributed by atoms with Crippen molar-refractivity contribution in [1.82, 2.24) is 9.97 Å². The summed E-state index contributed by atoms with van der Waals surface area (Å²) in [5.41, 5.74) is 1.71. The van der Waals surface area contributed by atoms with Gasteiger partial charge in [-0.3, -0.25) is 9.78 Å². The molecule has 0 aromatic carbocycles. The SMILES string of the molecule is O=C(O)CCc1sc(-c2ccccn2)nc1-c1cccs1. The van der Waals surface area contributed by atoms with Crippen LogP contribution in [0.1, 0.15) is 11.3 Å². The van der Waals surface area contributed by atoms with Crippen molar-refractivity contribution < 1.29 is 9.90 Å². The predicted molar refractivity (Wildman–Crippen MR) is 84.6 cm³/mol. The van der Waals surface area contributed by atoms with Crippen LogP contribution in [0, 0.1) is 0 Å². The van der Waals surface area contributed by atoms with Crippen molar-refractivity contribution in [3.8, 4) is 21.3 Å². The van der Waals surface area contributed by atoms with Gasteiger partial charge in [-0.15, -0.1) is 22.7 Å². The van der Waals surface area contributed by atoms with E-state index in [1.807, 2.05) is 35.7 Å². The second kappa shape index (κ2) is 6.15. The van der Waals surface area contributed by atoms with Crippen molar-refractivity contribution in [2.45, 2.75) is 12.8 Å². The van der Waals surface area contributed by atoms with Gasteiger partial charge in [-0.1, -0.05) is 12.1 Å². The van der Waals surface area contributed by atoms with E-state index in [4.69, 9.17) is 5.11 Å². The third-order valence-electron chi connectivity index (χ3n) is 2.90. The van der Waals surface area contributed by atoms with Crippen molar-refractivity contribution in [2.24, 2.45) is 0 Å². The Balaban J connectivity index is 2.00. The summed E-state index contributed by atoms with van der Waals surface area (Å²) >= 11 is 3.13. The van der Waals surface area contributed by atoms with Crippen LogP contribution in [0.3, 0.4) is 0 Å². The van der Waals surface area contributed by atoms with Gasteiger partial charge in [0.25, 0.3) is 0 Å². The average Bonchev–Trinajstić information content (AvgIpc) is 3.15. The molecule has 0 bridgehead atoms. The van der Waals surface area contributed by atoms with Crippen LogP contribution < -0.4 is 0 Å². The minimum Gasteiger partial charge on any atom is -0.481 e. The molecule has 106 valence electrons. The molecule has 1 N–H and O–H groups in total. The highest BCUT2D eigenvalue weighted by Gasteiger charge is 2.16. The molecule has 3 aromatic heterocycles. The number of thiophene rings is 1. The lowest BCUT2D eigenvalue weighted by atomic mass is 10.2. The molecule has 3 aromatic rings. The molecule has 0 aliphatic rings. The molecule has 0 saturated carbocycles. The maximum absolute atomic E-state index is 10.8. The first-order valence-electron chi connectivity index (χ1n) is 6.41. The first kappa shape index (κ1) is 13.9. The molecular weight excluding hydrogens is 304 g/mol. The number of hydrogen-bond acceptors (Lipinski definition) is 5. The Hall–Kier alpha value is -2.05. The topological polar surface area (TPSA) is 63.1 Å². The van der Waals surface area contributed by atoms with Gasteiger partial charge in [0.2, 0.25) is 0 Å². The fourth-order valence-electron chi connectivity index (χ4n) is 1.95. The zero-order chi connectivity index (χ0) is 14.7. The molecule has 3 rings (SSSR count). The standard InChI is InChI=1S/C15H12N2O2S2/c18-13(19)7-6-12-14(11-5-3-9-20-11)17-15(21-12)10-4-1-2-8-16-10/h1-5,8-9H,6-7H2,(H,18,19). The summed E-state index contributed by atoms with van der Waals surface area (Å²) in [5.74, 6) is -0.792. The van der Waals surface area contributed by atoms with E-state index in [1.54, 1.807) is 17.5 Å². The number of nitrogens with zero attached hydrogens (tertiary/aromatic N) is 2. The van der Waals surface area contributed by atoms with Crippen molar-refractivity contribution in [3.63, 3.8) is 0 Å². The van der Waals surface area contributed by atoms with E-state index < -0.39 is 5.97 Å². The summed E-state index contributed by atoms with van der Waals surface area (Å²) in [6.45, 7) is 0. The highest BCUT2D eigenvalue weighted by Crippen LogP contribution is 2.35. The molecule has 0 radical (unpaired) electrons. The second-order valence-electron chi connectivity index (χ2n) is 4.38. The summed E-state index contributed by atoms with van der Waals surface area (Å²) in [6.07, 6.45) is 2.34. The molecule has 6 heteroatoms. The predicted octanol–water partition coefficient (Wildman–Crippen LogP) is 3.95. The van der Waals surface area contributed by atoms with E-state index in [0.717, 1.165) is 26.1 Å². The van der Waals surface area contributed by atoms with E-state index in [2.05, 4.69) is 9.97 Å². The Morgan fingerprint density at radius 2 is 2.14 bits per heavy atom. The number of carboxylic acid groups (broad SMARTS) is 1. The Morgan fingerprint density at radius 1 is 1.24 bits per heavy atom. The van der Waals surface area contributed by atoms with Crippen molar-refractivity contribution >= 4 is 28.6 Å². The van der Waals surface area contributed by atoms with E-state index in [1.165, 1.54) is 11.3 Å². The Bertz CT molecular complexity index is 736. The van der Waals surface area contributed by atoms with Crippen LogP contribution in [0.2, 0.25) is 0 Å². The molecule has 3 heterocycles. The lowest BCUT2D eigenvalue weighted by Crippen LogP contribution is -1.96. The molecule has 0 saturated heterocycles. The van der Waals surface area contributed by atoms with Gasteiger partial charge >= 0.3 is 5.97 Å². The summed E-state index contributed by atoms with van der Waals surface area (Å²) in [5, 5.41) is 11.7. The lowest BCUT2D eigenvalue weighted by molar-refractivity contribution is -0.136. The number of pyridine rings is 1. The molecule has 0 unspecified atom stereocenters. The maximum atomic E-state index is 10.8. The number of aromatic nitrogens is 2. The molecular formula is C15H12N2O2S2. The molecule has 0 spiro atoms. The first-order chi connectivity index (χ1) is 10.2. The monoisotopic (exact) mass is 316 g/mol. The van der Waals surface area contributed by atoms with Gasteiger partial charge in [0, 0.05) is 11.1 Å². The van der Waals surface area contributed by atoms with Gasteiger partial charge in [0.15, 0.2) is 0 Å². The van der Waals surface area contributed by atoms with Crippen molar-refractivity contribution in [1.29, 1.82) is 0 Å². The van der Waals surface area contributed by atoms with Crippen molar-refractivity contribution in [2.75, 3.05) is 0 Å². The molecule has 4 nitrogen and oxygen atoms in total. The van der Waals surface area contributed by atoms with E-state index >= 15 is 0 Å². The van der Waals surface area contributed by atoms with Gasteiger partial charge in [0.05, 0.1) is 22.7 Å². The molecule has 0 fully saturated rings. The second-order valence-corrected chi connectivity index (χ2v) is 6.41. The Labute approximate surface area is 129 Å². The third kappa shape index (κ3) is 3.17. The number of hydrogen-bond donors (Lipinski definition) is 1. The molecule has 21 heavy (non-hydrogen) atoms. The highest BCUT2D eigenvalue weighted by atomic mass is 32.1. The highest BCUT2D eigenvalue weighted by molar-refractivity contribution is 7.17. The van der Waals surface area contributed by atoms with Gasteiger partial charge in [-0.25, -0.2) is 4.98 Å². The minimum atomic E-state index is -0.792. The van der Waals surface area contributed by atoms with Crippen molar-refractivity contribution in [3.05, 3.63) is 46.8 Å². The molecule has 0 amide bonds. The first-order valence-corrected chi connectivity index (χ1v) is 8.10. The summed E-state index contributed by atoms with van der Waals surface area (Å²) < 4.78 is 0. The number of thiazole rings is 1. The molecule has 0 aliphatic carbocycles. The summed E-state index contributed by atoms with van der Waals surface area (Å²) in [6, 6.07) is 9.68. The minimum absolute atomic E-state index is 0.113. The largest absolute Gasteiger partial charge is 0.481 e. The quantitative estimate of drug-likeness (QED) is 0.774. The number of aryl methyl sites for hydroxylation is 1.